The maximum absolute atomic E-state index is 11.7. The quantitative estimate of drug-likeness (QED) is 0.810. The number of aliphatic hydroxyl groups excluding tert-OH is 1. The van der Waals surface area contributed by atoms with Crippen LogP contribution >= 0.6 is 0 Å². The zero-order chi connectivity index (χ0) is 15.1. The van der Waals surface area contributed by atoms with Crippen LogP contribution in [0.15, 0.2) is 30.3 Å². The summed E-state index contributed by atoms with van der Waals surface area (Å²) in [5.74, 6) is 0.0158. The summed E-state index contributed by atoms with van der Waals surface area (Å²) in [5, 5.41) is 11.7. The summed E-state index contributed by atoms with van der Waals surface area (Å²) in [6.45, 7) is 6.54. The van der Waals surface area contributed by atoms with Crippen molar-refractivity contribution in [3.05, 3.63) is 30.3 Å². The number of para-hydroxylation sites is 1. The predicted molar refractivity (Wildman–Crippen MR) is 84.4 cm³/mol. The van der Waals surface area contributed by atoms with Crippen LogP contribution in [-0.4, -0.2) is 61.3 Å². The van der Waals surface area contributed by atoms with Crippen LogP contribution < -0.4 is 10.2 Å². The van der Waals surface area contributed by atoms with E-state index in [0.717, 1.165) is 32.7 Å². The minimum absolute atomic E-state index is 0.0124. The number of nitrogens with one attached hydrogen (secondary N) is 1. The van der Waals surface area contributed by atoms with Crippen LogP contribution in [0.5, 0.6) is 0 Å². The summed E-state index contributed by atoms with van der Waals surface area (Å²) in [6, 6.07) is 10.3. The molecule has 0 radical (unpaired) electrons. The lowest BCUT2D eigenvalue weighted by Gasteiger charge is -2.36. The molecule has 1 fully saturated rings. The first-order valence-corrected chi connectivity index (χ1v) is 7.61. The normalized spacial score (nSPS) is 17.5. The molecule has 0 spiro atoms. The van der Waals surface area contributed by atoms with E-state index in [2.05, 4.69) is 39.4 Å². The van der Waals surface area contributed by atoms with E-state index in [-0.39, 0.29) is 18.6 Å². The van der Waals surface area contributed by atoms with Gasteiger partial charge in [-0.1, -0.05) is 18.2 Å². The fraction of sp³-hybridized carbons (Fsp3) is 0.562. The van der Waals surface area contributed by atoms with Gasteiger partial charge in [-0.3, -0.25) is 9.69 Å². The molecule has 1 heterocycles. The maximum atomic E-state index is 11.7. The van der Waals surface area contributed by atoms with E-state index in [4.69, 9.17) is 5.11 Å². The summed E-state index contributed by atoms with van der Waals surface area (Å²) >= 11 is 0. The Bertz CT molecular complexity index is 430. The average Bonchev–Trinajstić information content (AvgIpc) is 2.54. The second-order valence-electron chi connectivity index (χ2n) is 5.57. The third-order valence-electron chi connectivity index (χ3n) is 3.83. The first-order valence-electron chi connectivity index (χ1n) is 7.61. The molecule has 2 N–H and O–H groups in total. The number of rotatable bonds is 6. The Morgan fingerprint density at radius 3 is 2.52 bits per heavy atom. The van der Waals surface area contributed by atoms with E-state index in [0.29, 0.717) is 6.42 Å². The standard InChI is InChI=1S/C16H25N3O2/c1-14(13-20)17-16(21)7-8-18-9-11-19(12-10-18)15-5-3-2-4-6-15/h2-6,14,20H,7-13H2,1H3,(H,17,21). The highest BCUT2D eigenvalue weighted by atomic mass is 16.3. The van der Waals surface area contributed by atoms with Gasteiger partial charge in [-0.05, 0) is 19.1 Å². The highest BCUT2D eigenvalue weighted by molar-refractivity contribution is 5.76. The monoisotopic (exact) mass is 291 g/mol. The molecule has 2 rings (SSSR count). The highest BCUT2D eigenvalue weighted by Crippen LogP contribution is 2.15. The molecule has 116 valence electrons. The number of hydrogen-bond donors (Lipinski definition) is 2. The second kappa shape index (κ2) is 8.00. The first-order chi connectivity index (χ1) is 10.2. The van der Waals surface area contributed by atoms with Crippen molar-refractivity contribution in [1.29, 1.82) is 0 Å². The Morgan fingerprint density at radius 1 is 1.24 bits per heavy atom. The first kappa shape index (κ1) is 15.8. The number of aliphatic hydroxyl groups is 1. The summed E-state index contributed by atoms with van der Waals surface area (Å²) in [7, 11) is 0. The van der Waals surface area contributed by atoms with E-state index in [1.165, 1.54) is 5.69 Å². The van der Waals surface area contributed by atoms with Gasteiger partial charge < -0.3 is 15.3 Å². The molecule has 1 amide bonds. The van der Waals surface area contributed by atoms with E-state index in [9.17, 15) is 4.79 Å². The Hall–Kier alpha value is -1.59. The molecular weight excluding hydrogens is 266 g/mol. The molecule has 1 aromatic rings. The van der Waals surface area contributed by atoms with Crippen LogP contribution in [0.2, 0.25) is 0 Å². The van der Waals surface area contributed by atoms with E-state index < -0.39 is 0 Å². The van der Waals surface area contributed by atoms with Gasteiger partial charge in [-0.15, -0.1) is 0 Å². The molecule has 1 saturated heterocycles. The summed E-state index contributed by atoms with van der Waals surface area (Å²) in [4.78, 5) is 16.4. The summed E-state index contributed by atoms with van der Waals surface area (Å²) in [5.41, 5.74) is 1.27. The van der Waals surface area contributed by atoms with Gasteiger partial charge in [0.05, 0.1) is 6.61 Å². The number of nitrogens with zero attached hydrogens (tertiary/aromatic N) is 2. The van der Waals surface area contributed by atoms with Gasteiger partial charge in [0.25, 0.3) is 0 Å². The minimum Gasteiger partial charge on any atom is -0.394 e. The number of benzene rings is 1. The molecule has 5 nitrogen and oxygen atoms in total. The topological polar surface area (TPSA) is 55.8 Å². The van der Waals surface area contributed by atoms with Crippen molar-refractivity contribution in [2.45, 2.75) is 19.4 Å². The SMILES string of the molecule is CC(CO)NC(=O)CCN1CCN(c2ccccc2)CC1. The Morgan fingerprint density at radius 2 is 1.90 bits per heavy atom. The number of carbonyl (C=O) groups is 1. The van der Waals surface area contributed by atoms with Crippen molar-refractivity contribution in [3.63, 3.8) is 0 Å². The van der Waals surface area contributed by atoms with Crippen LogP contribution in [0.3, 0.4) is 0 Å². The number of piperazine rings is 1. The van der Waals surface area contributed by atoms with Gasteiger partial charge in [0.1, 0.15) is 0 Å². The zero-order valence-electron chi connectivity index (χ0n) is 12.7. The fourth-order valence-electron chi connectivity index (χ4n) is 2.52. The summed E-state index contributed by atoms with van der Waals surface area (Å²) in [6.07, 6.45) is 0.496. The van der Waals surface area contributed by atoms with Crippen molar-refractivity contribution in [3.8, 4) is 0 Å². The lowest BCUT2D eigenvalue weighted by molar-refractivity contribution is -0.122. The second-order valence-corrected chi connectivity index (χ2v) is 5.57. The Balaban J connectivity index is 1.69. The predicted octanol–water partition coefficient (Wildman–Crippen LogP) is 0.696. The molecule has 0 aliphatic carbocycles. The number of amides is 1. The Labute approximate surface area is 126 Å². The molecule has 0 aromatic heterocycles. The van der Waals surface area contributed by atoms with Crippen molar-refractivity contribution in [1.82, 2.24) is 10.2 Å². The van der Waals surface area contributed by atoms with Crippen LogP contribution in [-0.2, 0) is 4.79 Å². The molecule has 0 saturated carbocycles. The van der Waals surface area contributed by atoms with Gasteiger partial charge >= 0.3 is 0 Å². The van der Waals surface area contributed by atoms with Gasteiger partial charge in [0.15, 0.2) is 0 Å². The van der Waals surface area contributed by atoms with Gasteiger partial charge in [0, 0.05) is 50.9 Å². The van der Waals surface area contributed by atoms with Crippen LogP contribution in [0.25, 0.3) is 0 Å². The molecule has 21 heavy (non-hydrogen) atoms. The molecule has 0 bridgehead atoms. The Kier molecular flexibility index (Phi) is 6.02. The minimum atomic E-state index is -0.160. The maximum Gasteiger partial charge on any atom is 0.221 e. The lowest BCUT2D eigenvalue weighted by atomic mass is 10.2. The van der Waals surface area contributed by atoms with E-state index in [1.54, 1.807) is 6.92 Å². The average molecular weight is 291 g/mol. The third-order valence-corrected chi connectivity index (χ3v) is 3.83. The fourth-order valence-corrected chi connectivity index (χ4v) is 2.52. The molecule has 5 heteroatoms. The van der Waals surface area contributed by atoms with Crippen LogP contribution in [0.1, 0.15) is 13.3 Å². The van der Waals surface area contributed by atoms with Crippen molar-refractivity contribution < 1.29 is 9.90 Å². The third kappa shape index (κ3) is 5.02. The van der Waals surface area contributed by atoms with Gasteiger partial charge in [0.2, 0.25) is 5.91 Å². The zero-order valence-corrected chi connectivity index (χ0v) is 12.7. The lowest BCUT2D eigenvalue weighted by Crippen LogP contribution is -2.47. The van der Waals surface area contributed by atoms with Crippen LogP contribution in [0.4, 0.5) is 5.69 Å². The van der Waals surface area contributed by atoms with E-state index in [1.807, 2.05) is 6.07 Å². The van der Waals surface area contributed by atoms with Gasteiger partial charge in [-0.25, -0.2) is 0 Å². The smallest absolute Gasteiger partial charge is 0.221 e. The van der Waals surface area contributed by atoms with Crippen molar-refractivity contribution in [2.75, 3.05) is 44.2 Å². The molecular formula is C16H25N3O2. The largest absolute Gasteiger partial charge is 0.394 e. The van der Waals surface area contributed by atoms with Crippen molar-refractivity contribution in [2.24, 2.45) is 0 Å². The molecule has 1 aliphatic heterocycles. The van der Waals surface area contributed by atoms with Gasteiger partial charge in [-0.2, -0.15) is 0 Å². The molecule has 1 aromatic carbocycles. The highest BCUT2D eigenvalue weighted by Gasteiger charge is 2.17. The van der Waals surface area contributed by atoms with Crippen molar-refractivity contribution >= 4 is 11.6 Å². The molecule has 1 atom stereocenters. The number of hydrogen-bond acceptors (Lipinski definition) is 4. The summed E-state index contributed by atoms with van der Waals surface area (Å²) < 4.78 is 0. The van der Waals surface area contributed by atoms with E-state index >= 15 is 0 Å². The molecule has 1 aliphatic rings. The van der Waals surface area contributed by atoms with Crippen LogP contribution in [0, 0.1) is 0 Å². The number of carbonyl (C=O) groups excluding carboxylic acids is 1. The number of anilines is 1. The molecule has 1 unspecified atom stereocenters.